The van der Waals surface area contributed by atoms with Gasteiger partial charge in [-0.2, -0.15) is 13.2 Å². The first-order chi connectivity index (χ1) is 19.4. The highest BCUT2D eigenvalue weighted by Crippen LogP contribution is 2.40. The van der Waals surface area contributed by atoms with Crippen LogP contribution in [0.15, 0.2) is 83.8 Å². The molecule has 0 saturated heterocycles. The second kappa shape index (κ2) is 12.0. The first-order valence-electron chi connectivity index (χ1n) is 11.5. The molecule has 4 rings (SSSR count). The van der Waals surface area contributed by atoms with E-state index in [9.17, 15) is 44.7 Å². The number of nitrogens with one attached hydrogen (secondary N) is 2. The standard InChI is InChI=1S/C28H16F8N2O2S/c29-18-9-5-4-8-17(18)26(39)37-15-10-12-16(13-11-15)41-25(14-6-2-1-3-7-14)27(40)38-24-22(32)20(30)19(28(34,35)36)21(31)23(24)33/h1-13,25H,(H,37,39)(H,38,40). The Kier molecular flexibility index (Phi) is 8.66. The molecular formula is C28H16F8N2O2S. The maximum absolute atomic E-state index is 14.4. The Hall–Kier alpha value is -4.39. The molecule has 4 aromatic carbocycles. The van der Waals surface area contributed by atoms with Gasteiger partial charge in [-0.15, -0.1) is 11.8 Å². The van der Waals surface area contributed by atoms with Gasteiger partial charge in [0.15, 0.2) is 23.3 Å². The monoisotopic (exact) mass is 596 g/mol. The molecular weight excluding hydrogens is 580 g/mol. The van der Waals surface area contributed by atoms with Gasteiger partial charge in [-0.05, 0) is 42.0 Å². The minimum absolute atomic E-state index is 0.192. The summed E-state index contributed by atoms with van der Waals surface area (Å²) in [5.74, 6) is -12.9. The molecule has 0 aliphatic rings. The zero-order valence-electron chi connectivity index (χ0n) is 20.3. The fraction of sp³-hybridized carbons (Fsp3) is 0.0714. The molecule has 212 valence electrons. The Morgan fingerprint density at radius 3 is 1.80 bits per heavy atom. The van der Waals surface area contributed by atoms with Crippen LogP contribution in [-0.2, 0) is 11.0 Å². The second-order valence-electron chi connectivity index (χ2n) is 8.36. The van der Waals surface area contributed by atoms with Crippen LogP contribution in [0.4, 0.5) is 46.5 Å². The van der Waals surface area contributed by atoms with Crippen LogP contribution in [-0.4, -0.2) is 11.8 Å². The molecule has 0 bridgehead atoms. The van der Waals surface area contributed by atoms with Crippen LogP contribution >= 0.6 is 11.8 Å². The van der Waals surface area contributed by atoms with Gasteiger partial charge < -0.3 is 10.6 Å². The molecule has 13 heteroatoms. The molecule has 0 aliphatic heterocycles. The van der Waals surface area contributed by atoms with Gasteiger partial charge in [0.05, 0.1) is 5.56 Å². The van der Waals surface area contributed by atoms with Crippen LogP contribution in [0.2, 0.25) is 0 Å². The minimum Gasteiger partial charge on any atom is -0.322 e. The van der Waals surface area contributed by atoms with Gasteiger partial charge in [0.2, 0.25) is 5.91 Å². The quantitative estimate of drug-likeness (QED) is 0.129. The third kappa shape index (κ3) is 6.51. The van der Waals surface area contributed by atoms with Gasteiger partial charge in [-0.1, -0.05) is 42.5 Å². The molecule has 0 spiro atoms. The van der Waals surface area contributed by atoms with E-state index in [1.807, 2.05) is 0 Å². The summed E-state index contributed by atoms with van der Waals surface area (Å²) in [5, 5.41) is 2.87. The lowest BCUT2D eigenvalue weighted by atomic mass is 10.1. The zero-order valence-corrected chi connectivity index (χ0v) is 21.1. The number of thioether (sulfide) groups is 1. The summed E-state index contributed by atoms with van der Waals surface area (Å²) in [7, 11) is 0. The molecule has 4 aromatic rings. The summed E-state index contributed by atoms with van der Waals surface area (Å²) >= 11 is 0.826. The number of rotatable bonds is 7. The molecule has 0 radical (unpaired) electrons. The van der Waals surface area contributed by atoms with E-state index in [-0.39, 0.29) is 16.8 Å². The molecule has 2 amide bonds. The molecule has 1 unspecified atom stereocenters. The molecule has 2 N–H and O–H groups in total. The molecule has 0 heterocycles. The highest BCUT2D eigenvalue weighted by molar-refractivity contribution is 8.00. The van der Waals surface area contributed by atoms with Gasteiger partial charge >= 0.3 is 6.18 Å². The van der Waals surface area contributed by atoms with Crippen LogP contribution in [0.3, 0.4) is 0 Å². The third-order valence-electron chi connectivity index (χ3n) is 5.62. The van der Waals surface area contributed by atoms with E-state index in [0.29, 0.717) is 4.90 Å². The van der Waals surface area contributed by atoms with Crippen LogP contribution in [0, 0.1) is 29.1 Å². The Balaban J connectivity index is 1.59. The lowest BCUT2D eigenvalue weighted by Crippen LogP contribution is -2.23. The second-order valence-corrected chi connectivity index (χ2v) is 9.54. The summed E-state index contributed by atoms with van der Waals surface area (Å²) in [6, 6.07) is 18.7. The highest BCUT2D eigenvalue weighted by Gasteiger charge is 2.42. The number of benzene rings is 4. The highest BCUT2D eigenvalue weighted by atomic mass is 32.2. The van der Waals surface area contributed by atoms with Crippen LogP contribution < -0.4 is 10.6 Å². The van der Waals surface area contributed by atoms with Crippen molar-refractivity contribution in [1.29, 1.82) is 0 Å². The molecule has 0 aliphatic carbocycles. The normalized spacial score (nSPS) is 12.1. The lowest BCUT2D eigenvalue weighted by molar-refractivity contribution is -0.143. The topological polar surface area (TPSA) is 58.2 Å². The number of anilines is 2. The number of carbonyl (C=O) groups is 2. The minimum atomic E-state index is -5.73. The number of carbonyl (C=O) groups excluding carboxylic acids is 2. The lowest BCUT2D eigenvalue weighted by Gasteiger charge is -2.19. The molecule has 0 fully saturated rings. The Labute approximate surface area is 231 Å². The maximum Gasteiger partial charge on any atom is 0.422 e. The Morgan fingerprint density at radius 1 is 0.683 bits per heavy atom. The van der Waals surface area contributed by atoms with Crippen molar-refractivity contribution < 1.29 is 44.7 Å². The molecule has 4 nitrogen and oxygen atoms in total. The van der Waals surface area contributed by atoms with E-state index in [4.69, 9.17) is 0 Å². The number of alkyl halides is 3. The van der Waals surface area contributed by atoms with Crippen molar-refractivity contribution in [1.82, 2.24) is 0 Å². The van der Waals surface area contributed by atoms with Gasteiger partial charge in [0, 0.05) is 10.6 Å². The summed E-state index contributed by atoms with van der Waals surface area (Å²) in [6.07, 6.45) is -5.73. The average molecular weight is 596 g/mol. The van der Waals surface area contributed by atoms with Crippen molar-refractivity contribution in [3.63, 3.8) is 0 Å². The van der Waals surface area contributed by atoms with E-state index >= 15 is 0 Å². The number of hydrogen-bond donors (Lipinski definition) is 2. The summed E-state index contributed by atoms with van der Waals surface area (Å²) in [6.45, 7) is 0. The first kappa shape index (κ1) is 29.6. The van der Waals surface area contributed by atoms with Crippen molar-refractivity contribution in [2.75, 3.05) is 10.6 Å². The van der Waals surface area contributed by atoms with E-state index in [0.717, 1.165) is 17.8 Å². The average Bonchev–Trinajstić information content (AvgIpc) is 2.93. The van der Waals surface area contributed by atoms with E-state index in [1.165, 1.54) is 66.7 Å². The number of hydrogen-bond acceptors (Lipinski definition) is 3. The zero-order chi connectivity index (χ0) is 29.9. The van der Waals surface area contributed by atoms with Crippen molar-refractivity contribution in [2.24, 2.45) is 0 Å². The van der Waals surface area contributed by atoms with Crippen LogP contribution in [0.5, 0.6) is 0 Å². The van der Waals surface area contributed by atoms with E-state index < -0.39 is 63.6 Å². The number of amides is 2. The predicted octanol–water partition coefficient (Wildman–Crippen LogP) is 8.13. The number of halogens is 8. The summed E-state index contributed by atoms with van der Waals surface area (Å²) in [4.78, 5) is 25.8. The van der Waals surface area contributed by atoms with Crippen LogP contribution in [0.25, 0.3) is 0 Å². The van der Waals surface area contributed by atoms with E-state index in [1.54, 1.807) is 11.4 Å². The largest absolute Gasteiger partial charge is 0.422 e. The smallest absolute Gasteiger partial charge is 0.322 e. The van der Waals surface area contributed by atoms with Gasteiger partial charge in [0.25, 0.3) is 5.91 Å². The Bertz CT molecular complexity index is 1570. The SMILES string of the molecule is O=C(Nc1ccc(SC(C(=O)Nc2c(F)c(F)c(C(F)(F)F)c(F)c2F)c2ccccc2)cc1)c1ccccc1F. The maximum atomic E-state index is 14.4. The van der Waals surface area contributed by atoms with Gasteiger partial charge in [0.1, 0.15) is 22.3 Å². The molecule has 1 atom stereocenters. The summed E-state index contributed by atoms with van der Waals surface area (Å²) in [5.41, 5.74) is -4.13. The van der Waals surface area contributed by atoms with Crippen molar-refractivity contribution in [3.05, 3.63) is 125 Å². The predicted molar refractivity (Wildman–Crippen MR) is 136 cm³/mol. The Morgan fingerprint density at radius 2 is 1.24 bits per heavy atom. The van der Waals surface area contributed by atoms with Gasteiger partial charge in [-0.3, -0.25) is 9.59 Å². The molecule has 0 aromatic heterocycles. The van der Waals surface area contributed by atoms with Crippen molar-refractivity contribution in [3.8, 4) is 0 Å². The third-order valence-corrected chi connectivity index (χ3v) is 6.89. The van der Waals surface area contributed by atoms with Gasteiger partial charge in [-0.25, -0.2) is 22.0 Å². The summed E-state index contributed by atoms with van der Waals surface area (Å²) < 4.78 is 110. The van der Waals surface area contributed by atoms with Crippen molar-refractivity contribution >= 4 is 35.0 Å². The molecule has 0 saturated carbocycles. The first-order valence-corrected chi connectivity index (χ1v) is 12.4. The fourth-order valence-electron chi connectivity index (χ4n) is 3.68. The van der Waals surface area contributed by atoms with Crippen molar-refractivity contribution in [2.45, 2.75) is 16.3 Å². The van der Waals surface area contributed by atoms with Crippen LogP contribution in [0.1, 0.15) is 26.7 Å². The van der Waals surface area contributed by atoms with E-state index in [2.05, 4.69) is 5.32 Å². The fourth-order valence-corrected chi connectivity index (χ4v) is 4.70. The molecule has 41 heavy (non-hydrogen) atoms.